The molecular formula is C43H46N11O17S4+. The number of carboxylic acids is 4. The summed E-state index contributed by atoms with van der Waals surface area (Å²) in [6.07, 6.45) is 3.47. The van der Waals surface area contributed by atoms with Gasteiger partial charge in [0.05, 0.1) is 0 Å². The van der Waals surface area contributed by atoms with Gasteiger partial charge in [-0.1, -0.05) is 16.4 Å². The molecule has 0 bridgehead atoms. The number of thioether (sulfide) groups is 2. The molecule has 4 aliphatic rings. The quantitative estimate of drug-likeness (QED) is 0.0215. The average Bonchev–Trinajstić information content (AvgIpc) is 4.12. The molecule has 4 amide bonds. The summed E-state index contributed by atoms with van der Waals surface area (Å²) < 4.78 is 6.89. The highest BCUT2D eigenvalue weighted by Crippen LogP contribution is 2.40. The molecule has 0 spiro atoms. The lowest BCUT2D eigenvalue weighted by Crippen LogP contribution is -2.71. The zero-order valence-corrected chi connectivity index (χ0v) is 43.4. The number of aromatic nitrogens is 3. The van der Waals surface area contributed by atoms with E-state index in [-0.39, 0.29) is 57.7 Å². The number of nitrogens with one attached hydrogen (secondary N) is 5. The first-order valence-electron chi connectivity index (χ1n) is 21.9. The van der Waals surface area contributed by atoms with Crippen molar-refractivity contribution in [2.45, 2.75) is 87.7 Å². The largest absolute Gasteiger partial charge is 0.479 e. The van der Waals surface area contributed by atoms with Crippen LogP contribution in [0.5, 0.6) is 0 Å². The summed E-state index contributed by atoms with van der Waals surface area (Å²) >= 11 is 3.85. The zero-order chi connectivity index (χ0) is 54.7. The molecule has 4 aliphatic heterocycles. The van der Waals surface area contributed by atoms with Gasteiger partial charge in [0, 0.05) is 45.5 Å². The Balaban J connectivity index is 1.15. The lowest BCUT2D eigenvalue weighted by Gasteiger charge is -2.49. The van der Waals surface area contributed by atoms with Crippen molar-refractivity contribution in [3.8, 4) is 0 Å². The summed E-state index contributed by atoms with van der Waals surface area (Å²) in [4.78, 5) is 143. The van der Waals surface area contributed by atoms with Crippen molar-refractivity contribution in [3.05, 3.63) is 75.3 Å². The molecule has 7 rings (SSSR count). The SMILES string of the molecule is CC(C)(O/N=C(\C(=O)NC(C(=O)Nc1nc(/C(=N/OC(C)(C)C(=O)O)C(=O)N[C@@H]2C(=O)N3C(C(=O)O)=C(C[n+]4ccccc4)CS[C@H]23)cs1)C1NC2=C(COC2=O)CS1)c1csc(NOC(C)(C)C(=O)O)n1)C(=O)O. The van der Waals surface area contributed by atoms with Gasteiger partial charge in [0.25, 0.3) is 23.6 Å². The van der Waals surface area contributed by atoms with Crippen molar-refractivity contribution in [2.24, 2.45) is 10.3 Å². The molecule has 0 aromatic carbocycles. The summed E-state index contributed by atoms with van der Waals surface area (Å²) in [6.45, 7) is 7.22. The maximum absolute atomic E-state index is 14.5. The molecule has 0 radical (unpaired) electrons. The molecule has 1 fully saturated rings. The number of aliphatic carboxylic acids is 4. The minimum absolute atomic E-state index is 0.0279. The van der Waals surface area contributed by atoms with Crippen LogP contribution in [0.2, 0.25) is 0 Å². The first-order valence-corrected chi connectivity index (χ1v) is 25.8. The number of ether oxygens (including phenoxy) is 1. The van der Waals surface area contributed by atoms with Crippen molar-refractivity contribution >= 4 is 121 Å². The van der Waals surface area contributed by atoms with Crippen LogP contribution >= 0.6 is 46.2 Å². The smallest absolute Gasteiger partial charge is 0.354 e. The van der Waals surface area contributed by atoms with Crippen LogP contribution in [0.1, 0.15) is 52.9 Å². The fraction of sp³-hybridized carbons (Fsp3) is 0.395. The molecule has 0 aliphatic carbocycles. The first kappa shape index (κ1) is 55.1. The topological polar surface area (TPSA) is 389 Å². The monoisotopic (exact) mass is 1120 g/mol. The third-order valence-electron chi connectivity index (χ3n) is 11.0. The minimum Gasteiger partial charge on any atom is -0.479 e. The highest BCUT2D eigenvalue weighted by molar-refractivity contribution is 8.00. The number of β-lactam (4-membered cyclic amide) rings is 1. The van der Waals surface area contributed by atoms with Crippen LogP contribution in [0.25, 0.3) is 0 Å². The van der Waals surface area contributed by atoms with Crippen molar-refractivity contribution in [2.75, 3.05) is 28.9 Å². The molecule has 0 saturated carbocycles. The van der Waals surface area contributed by atoms with Gasteiger partial charge in [-0.25, -0.2) is 44.0 Å². The van der Waals surface area contributed by atoms with Gasteiger partial charge in [-0.2, -0.15) is 0 Å². The van der Waals surface area contributed by atoms with E-state index in [2.05, 4.69) is 47.0 Å². The fourth-order valence-electron chi connectivity index (χ4n) is 6.61. The Labute approximate surface area is 439 Å². The Morgan fingerprint density at radius 3 is 2.01 bits per heavy atom. The molecule has 28 nitrogen and oxygen atoms in total. The van der Waals surface area contributed by atoms with Gasteiger partial charge in [0.1, 0.15) is 52.2 Å². The number of hydrogen-bond acceptors (Lipinski definition) is 23. The Kier molecular flexibility index (Phi) is 16.2. The fourth-order valence-corrected chi connectivity index (χ4v) is 10.5. The predicted molar refractivity (Wildman–Crippen MR) is 264 cm³/mol. The number of esters is 1. The average molecular weight is 1120 g/mol. The van der Waals surface area contributed by atoms with Crippen LogP contribution in [-0.2, 0) is 68.9 Å². The second-order valence-electron chi connectivity index (χ2n) is 17.8. The van der Waals surface area contributed by atoms with E-state index in [1.807, 2.05) is 0 Å². The van der Waals surface area contributed by atoms with Crippen LogP contribution in [-0.4, -0.2) is 158 Å². The first-order chi connectivity index (χ1) is 35.3. The van der Waals surface area contributed by atoms with Crippen LogP contribution in [0, 0.1) is 0 Å². The van der Waals surface area contributed by atoms with E-state index in [4.69, 9.17) is 19.2 Å². The summed E-state index contributed by atoms with van der Waals surface area (Å²) in [5, 5.41) is 57.5. The second kappa shape index (κ2) is 22.0. The van der Waals surface area contributed by atoms with Gasteiger partial charge < -0.3 is 56.1 Å². The Bertz CT molecular complexity index is 2990. The van der Waals surface area contributed by atoms with E-state index in [1.165, 1.54) is 36.4 Å². The predicted octanol–water partition coefficient (Wildman–Crippen LogP) is 0.297. The molecule has 32 heteroatoms. The number of carbonyl (C=O) groups is 9. The normalized spacial score (nSPS) is 19.3. The Morgan fingerprint density at radius 2 is 1.41 bits per heavy atom. The van der Waals surface area contributed by atoms with E-state index in [1.54, 1.807) is 35.2 Å². The molecule has 1 saturated heterocycles. The van der Waals surface area contributed by atoms with Crippen molar-refractivity contribution < 1.29 is 87.4 Å². The van der Waals surface area contributed by atoms with Crippen molar-refractivity contribution in [3.63, 3.8) is 0 Å². The summed E-state index contributed by atoms with van der Waals surface area (Å²) in [5.74, 6) is -10.0. The maximum Gasteiger partial charge on any atom is 0.354 e. The number of oxime groups is 2. The van der Waals surface area contributed by atoms with Gasteiger partial charge in [-0.3, -0.25) is 28.9 Å². The number of hydrogen-bond donors (Lipinski definition) is 9. The molecule has 9 N–H and O–H groups in total. The van der Waals surface area contributed by atoms with Gasteiger partial charge in [0.2, 0.25) is 16.3 Å². The molecule has 3 aromatic heterocycles. The van der Waals surface area contributed by atoms with Gasteiger partial charge in [-0.05, 0) is 41.5 Å². The van der Waals surface area contributed by atoms with Gasteiger partial charge in [0.15, 0.2) is 41.1 Å². The zero-order valence-electron chi connectivity index (χ0n) is 40.1. The van der Waals surface area contributed by atoms with Crippen LogP contribution in [0.4, 0.5) is 10.3 Å². The number of carbonyl (C=O) groups excluding carboxylic acids is 5. The second-order valence-corrected chi connectivity index (χ2v) is 21.8. The minimum atomic E-state index is -2.01. The number of thiazole rings is 2. The van der Waals surface area contributed by atoms with Crippen LogP contribution in [0.15, 0.2) is 74.2 Å². The van der Waals surface area contributed by atoms with Crippen molar-refractivity contribution in [1.29, 1.82) is 0 Å². The van der Waals surface area contributed by atoms with E-state index < -0.39 is 105 Å². The van der Waals surface area contributed by atoms with Gasteiger partial charge >= 0.3 is 29.8 Å². The number of amides is 4. The number of nitrogens with zero attached hydrogens (tertiary/aromatic N) is 6. The number of carboxylic acid groups (broad SMARTS) is 4. The lowest BCUT2D eigenvalue weighted by molar-refractivity contribution is -0.689. The molecule has 75 heavy (non-hydrogen) atoms. The third kappa shape index (κ3) is 12.3. The molecule has 2 unspecified atom stereocenters. The summed E-state index contributed by atoms with van der Waals surface area (Å²) in [5.41, 5.74) is -4.43. The van der Waals surface area contributed by atoms with Gasteiger partial charge in [-0.15, -0.1) is 46.2 Å². The lowest BCUT2D eigenvalue weighted by atomic mass is 10.0. The highest BCUT2D eigenvalue weighted by Gasteiger charge is 2.55. The maximum atomic E-state index is 14.5. The number of rotatable bonds is 22. The third-order valence-corrected chi connectivity index (χ3v) is 15.1. The van der Waals surface area contributed by atoms with Crippen molar-refractivity contribution in [1.82, 2.24) is 30.8 Å². The van der Waals surface area contributed by atoms with E-state index in [0.29, 0.717) is 11.1 Å². The highest BCUT2D eigenvalue weighted by atomic mass is 32.2. The number of fused-ring (bicyclic) bond motifs is 1. The Morgan fingerprint density at radius 1 is 0.827 bits per heavy atom. The standard InChI is InChI=1S/C43H45N11O17S4/c1-41(2,36(62)63)69-50-23(29(56)47-26-32(58)54-27(34(59)60)18(14-73-33(26)54)12-53-10-8-7-9-11-53)20-16-74-39(44-20)49-30(57)25(31-48-22-19(15-72-31)13-68-35(22)61)46-28(55)24(51-70-42(3,4)37(64)65)21-17-75-40(45-21)52-71-43(5,6)38(66)67/h7-11,16-17,25-26,31,33,48H,12-15H2,1-6H3,(H7-,44,45,46,47,49,52,55,56,57,59,60,62,63,64,65,66,67)/p+1/b50-23-,51-24-/t25?,26-,31?,33-/m1/s1. The molecule has 3 aromatic rings. The molecule has 7 heterocycles. The summed E-state index contributed by atoms with van der Waals surface area (Å²) in [7, 11) is 0. The summed E-state index contributed by atoms with van der Waals surface area (Å²) in [6, 6.07) is 2.36. The van der Waals surface area contributed by atoms with E-state index in [0.717, 1.165) is 67.0 Å². The number of cyclic esters (lactones) is 1. The van der Waals surface area contributed by atoms with Crippen LogP contribution < -0.4 is 31.3 Å². The number of pyridine rings is 1. The molecule has 398 valence electrons. The Hall–Kier alpha value is -7.68. The van der Waals surface area contributed by atoms with E-state index in [9.17, 15) is 63.6 Å². The molecule has 4 atom stereocenters. The number of anilines is 2. The van der Waals surface area contributed by atoms with E-state index >= 15 is 0 Å². The molecular weight excluding hydrogens is 1070 g/mol. The van der Waals surface area contributed by atoms with Crippen LogP contribution in [0.3, 0.4) is 0 Å².